The summed E-state index contributed by atoms with van der Waals surface area (Å²) in [6, 6.07) is 0. The lowest BCUT2D eigenvalue weighted by molar-refractivity contribution is 0.0625. The summed E-state index contributed by atoms with van der Waals surface area (Å²) in [5.41, 5.74) is 0. The summed E-state index contributed by atoms with van der Waals surface area (Å²) in [7, 11) is 3.12. The highest BCUT2D eigenvalue weighted by Gasteiger charge is 2.03. The molecule has 0 radical (unpaired) electrons. The summed E-state index contributed by atoms with van der Waals surface area (Å²) in [6.07, 6.45) is -0.937. The van der Waals surface area contributed by atoms with Gasteiger partial charge in [0.1, 0.15) is 0 Å². The molecule has 0 aliphatic rings. The van der Waals surface area contributed by atoms with Gasteiger partial charge in [-0.05, 0) is 0 Å². The van der Waals surface area contributed by atoms with Gasteiger partial charge in [0, 0.05) is 40.4 Å². The van der Waals surface area contributed by atoms with Crippen molar-refractivity contribution < 1.29 is 19.7 Å². The molecule has 0 spiro atoms. The third-order valence-electron chi connectivity index (χ3n) is 1.96. The Labute approximate surface area is 96.9 Å². The molecule has 98 valence electrons. The summed E-state index contributed by atoms with van der Waals surface area (Å²) in [5, 5.41) is 24.7. The Kier molecular flexibility index (Phi) is 11.1. The second-order valence-electron chi connectivity index (χ2n) is 3.63. The highest BCUT2D eigenvalue weighted by atomic mass is 16.5. The number of hydrogen-bond acceptors (Lipinski definition) is 6. The van der Waals surface area contributed by atoms with E-state index in [1.54, 1.807) is 14.2 Å². The van der Waals surface area contributed by atoms with Gasteiger partial charge in [0.05, 0.1) is 25.4 Å². The minimum absolute atomic E-state index is 0.340. The molecule has 0 aromatic rings. The highest BCUT2D eigenvalue weighted by Crippen LogP contribution is 1.81. The van der Waals surface area contributed by atoms with E-state index in [-0.39, 0.29) is 0 Å². The van der Waals surface area contributed by atoms with Gasteiger partial charge in [-0.2, -0.15) is 0 Å². The Morgan fingerprint density at radius 1 is 0.875 bits per heavy atom. The first-order valence-corrected chi connectivity index (χ1v) is 5.46. The fourth-order valence-electron chi connectivity index (χ4n) is 1.22. The molecule has 0 saturated heterocycles. The SMILES string of the molecule is COC[C@H](O)CNCCNC[C@H](O)COC. The average Bonchev–Trinajstić information content (AvgIpc) is 2.24. The summed E-state index contributed by atoms with van der Waals surface area (Å²) in [4.78, 5) is 0. The van der Waals surface area contributed by atoms with Crippen LogP contribution in [-0.2, 0) is 9.47 Å². The summed E-state index contributed by atoms with van der Waals surface area (Å²) in [5.74, 6) is 0. The van der Waals surface area contributed by atoms with Crippen molar-refractivity contribution in [2.75, 3.05) is 53.6 Å². The van der Waals surface area contributed by atoms with Crippen molar-refractivity contribution in [3.63, 3.8) is 0 Å². The molecule has 0 aliphatic carbocycles. The molecule has 0 aromatic heterocycles. The van der Waals surface area contributed by atoms with E-state index in [1.165, 1.54) is 0 Å². The first kappa shape index (κ1) is 15.8. The first-order chi connectivity index (χ1) is 7.70. The zero-order valence-corrected chi connectivity index (χ0v) is 10.1. The molecule has 6 heteroatoms. The monoisotopic (exact) mass is 236 g/mol. The van der Waals surface area contributed by atoms with Crippen LogP contribution in [0.15, 0.2) is 0 Å². The van der Waals surface area contributed by atoms with E-state index in [1.807, 2.05) is 0 Å². The molecule has 0 unspecified atom stereocenters. The Morgan fingerprint density at radius 3 is 1.56 bits per heavy atom. The first-order valence-electron chi connectivity index (χ1n) is 5.46. The maximum atomic E-state index is 9.30. The number of rotatable bonds is 11. The Morgan fingerprint density at radius 2 is 1.25 bits per heavy atom. The number of aliphatic hydroxyl groups is 2. The molecule has 16 heavy (non-hydrogen) atoms. The molecule has 0 amide bonds. The second-order valence-corrected chi connectivity index (χ2v) is 3.63. The maximum Gasteiger partial charge on any atom is 0.0897 e. The quantitative estimate of drug-likeness (QED) is 0.316. The van der Waals surface area contributed by atoms with Crippen LogP contribution in [0.25, 0.3) is 0 Å². The summed E-state index contributed by atoms with van der Waals surface area (Å²) >= 11 is 0. The van der Waals surface area contributed by atoms with Crippen molar-refractivity contribution in [3.8, 4) is 0 Å². The number of ether oxygens (including phenoxy) is 2. The predicted molar refractivity (Wildman–Crippen MR) is 61.5 cm³/mol. The van der Waals surface area contributed by atoms with Gasteiger partial charge in [-0.15, -0.1) is 0 Å². The van der Waals surface area contributed by atoms with E-state index < -0.39 is 12.2 Å². The normalized spacial score (nSPS) is 15.0. The topological polar surface area (TPSA) is 83.0 Å². The van der Waals surface area contributed by atoms with Crippen LogP contribution in [0, 0.1) is 0 Å². The summed E-state index contributed by atoms with van der Waals surface area (Å²) < 4.78 is 9.58. The van der Waals surface area contributed by atoms with E-state index in [4.69, 9.17) is 9.47 Å². The lowest BCUT2D eigenvalue weighted by atomic mass is 10.3. The molecular weight excluding hydrogens is 212 g/mol. The number of hydrogen-bond donors (Lipinski definition) is 4. The maximum absolute atomic E-state index is 9.30. The van der Waals surface area contributed by atoms with Gasteiger partial charge in [-0.25, -0.2) is 0 Å². The molecule has 2 atom stereocenters. The molecule has 0 fully saturated rings. The third kappa shape index (κ3) is 10.3. The molecule has 6 nitrogen and oxygen atoms in total. The third-order valence-corrected chi connectivity index (χ3v) is 1.96. The number of methoxy groups -OCH3 is 2. The van der Waals surface area contributed by atoms with Crippen molar-refractivity contribution in [1.82, 2.24) is 10.6 Å². The molecule has 0 bridgehead atoms. The largest absolute Gasteiger partial charge is 0.389 e. The average molecular weight is 236 g/mol. The molecule has 0 aliphatic heterocycles. The van der Waals surface area contributed by atoms with Crippen LogP contribution < -0.4 is 10.6 Å². The zero-order valence-electron chi connectivity index (χ0n) is 10.1. The van der Waals surface area contributed by atoms with E-state index in [0.717, 1.165) is 13.1 Å². The van der Waals surface area contributed by atoms with Crippen LogP contribution in [0.4, 0.5) is 0 Å². The van der Waals surface area contributed by atoms with Crippen LogP contribution >= 0.6 is 0 Å². The second kappa shape index (κ2) is 11.3. The molecule has 0 heterocycles. The Hall–Kier alpha value is -0.240. The zero-order chi connectivity index (χ0) is 12.2. The van der Waals surface area contributed by atoms with E-state index in [0.29, 0.717) is 26.3 Å². The van der Waals surface area contributed by atoms with E-state index >= 15 is 0 Å². The minimum Gasteiger partial charge on any atom is -0.389 e. The van der Waals surface area contributed by atoms with Crippen molar-refractivity contribution >= 4 is 0 Å². The van der Waals surface area contributed by atoms with Gasteiger partial charge in [0.25, 0.3) is 0 Å². The molecular formula is C10H24N2O4. The van der Waals surface area contributed by atoms with Crippen LogP contribution in [0.2, 0.25) is 0 Å². The molecule has 0 aromatic carbocycles. The lowest BCUT2D eigenvalue weighted by Crippen LogP contribution is -2.37. The van der Waals surface area contributed by atoms with Crippen LogP contribution in [0.5, 0.6) is 0 Å². The van der Waals surface area contributed by atoms with Gasteiger partial charge in [-0.3, -0.25) is 0 Å². The number of aliphatic hydroxyl groups excluding tert-OH is 2. The van der Waals surface area contributed by atoms with Crippen molar-refractivity contribution in [1.29, 1.82) is 0 Å². The van der Waals surface area contributed by atoms with Crippen molar-refractivity contribution in [2.24, 2.45) is 0 Å². The lowest BCUT2D eigenvalue weighted by Gasteiger charge is -2.12. The summed E-state index contributed by atoms with van der Waals surface area (Å²) in [6.45, 7) is 3.17. The predicted octanol–water partition coefficient (Wildman–Crippen LogP) is -1.82. The smallest absolute Gasteiger partial charge is 0.0897 e. The van der Waals surface area contributed by atoms with Gasteiger partial charge >= 0.3 is 0 Å². The molecule has 4 N–H and O–H groups in total. The Balaban J connectivity index is 3.15. The molecule has 0 saturated carbocycles. The highest BCUT2D eigenvalue weighted by molar-refractivity contribution is 4.61. The fraction of sp³-hybridized carbons (Fsp3) is 1.00. The van der Waals surface area contributed by atoms with Gasteiger partial charge in [0.2, 0.25) is 0 Å². The van der Waals surface area contributed by atoms with Gasteiger partial charge in [0.15, 0.2) is 0 Å². The molecule has 0 rings (SSSR count). The van der Waals surface area contributed by atoms with Crippen LogP contribution in [0.1, 0.15) is 0 Å². The minimum atomic E-state index is -0.468. The van der Waals surface area contributed by atoms with Crippen LogP contribution in [-0.4, -0.2) is 76.0 Å². The fourth-order valence-corrected chi connectivity index (χ4v) is 1.22. The number of nitrogens with one attached hydrogen (secondary N) is 2. The van der Waals surface area contributed by atoms with Gasteiger partial charge < -0.3 is 30.3 Å². The van der Waals surface area contributed by atoms with Crippen molar-refractivity contribution in [2.45, 2.75) is 12.2 Å². The van der Waals surface area contributed by atoms with Crippen molar-refractivity contribution in [3.05, 3.63) is 0 Å². The van der Waals surface area contributed by atoms with E-state index in [2.05, 4.69) is 10.6 Å². The van der Waals surface area contributed by atoms with Crippen LogP contribution in [0.3, 0.4) is 0 Å². The Bertz CT molecular complexity index is 133. The van der Waals surface area contributed by atoms with E-state index in [9.17, 15) is 10.2 Å². The standard InChI is InChI=1S/C10H24N2O4/c1-15-7-9(13)5-11-3-4-12-6-10(14)8-16-2/h9-14H,3-8H2,1-2H3/t9-,10+. The van der Waals surface area contributed by atoms with Gasteiger partial charge in [-0.1, -0.05) is 0 Å².